The van der Waals surface area contributed by atoms with Crippen LogP contribution in [0.5, 0.6) is 0 Å². The van der Waals surface area contributed by atoms with Gasteiger partial charge in [-0.25, -0.2) is 9.59 Å². The fourth-order valence-corrected chi connectivity index (χ4v) is 12.4. The van der Waals surface area contributed by atoms with Gasteiger partial charge in [0.05, 0.1) is 24.6 Å². The molecule has 16 nitrogen and oxygen atoms in total. The topological polar surface area (TPSA) is 226 Å². The Morgan fingerprint density at radius 2 is 0.711 bits per heavy atom. The number of rotatable bonds is 53. The van der Waals surface area contributed by atoms with Crippen LogP contribution in [0.15, 0.2) is 70.3 Å². The molecule has 4 rings (SSSR count). The molecule has 90 heavy (non-hydrogen) atoms. The lowest BCUT2D eigenvalue weighted by molar-refractivity contribution is -0.144. The van der Waals surface area contributed by atoms with E-state index >= 15 is 0 Å². The molecule has 0 aliphatic carbocycles. The Balaban J connectivity index is 1.16. The zero-order valence-electron chi connectivity index (χ0n) is 56.2. The average Bonchev–Trinajstić information content (AvgIpc) is 1.00. The van der Waals surface area contributed by atoms with Gasteiger partial charge < -0.3 is 30.1 Å². The highest BCUT2D eigenvalue weighted by molar-refractivity contribution is 5.88. The van der Waals surface area contributed by atoms with Crippen LogP contribution in [0.2, 0.25) is 0 Å². The lowest BCUT2D eigenvalue weighted by atomic mass is 9.78. The van der Waals surface area contributed by atoms with Gasteiger partial charge in [-0.1, -0.05) is 267 Å². The van der Waals surface area contributed by atoms with Crippen molar-refractivity contribution >= 4 is 35.9 Å². The number of aromatic nitrogens is 4. The van der Waals surface area contributed by atoms with Crippen molar-refractivity contribution in [1.82, 2.24) is 30.6 Å². The van der Waals surface area contributed by atoms with Gasteiger partial charge in [-0.05, 0) is 88.2 Å². The fourth-order valence-electron chi connectivity index (χ4n) is 12.4. The van der Waals surface area contributed by atoms with Crippen LogP contribution < -0.4 is 32.4 Å². The van der Waals surface area contributed by atoms with E-state index < -0.39 is 0 Å². The number of urea groups is 2. The van der Waals surface area contributed by atoms with E-state index in [0.29, 0.717) is 87.3 Å². The number of esters is 2. The number of carbonyl (C=O) groups is 4. The molecule has 16 heteroatoms. The van der Waals surface area contributed by atoms with E-state index in [1.807, 2.05) is 60.7 Å². The Morgan fingerprint density at radius 1 is 0.400 bits per heavy atom. The zero-order chi connectivity index (χ0) is 64.5. The highest BCUT2D eigenvalue weighted by Gasteiger charge is 2.22. The van der Waals surface area contributed by atoms with E-state index in [1.165, 1.54) is 154 Å². The molecule has 2 aromatic heterocycles. The van der Waals surface area contributed by atoms with E-state index in [1.54, 1.807) is 13.8 Å². The van der Waals surface area contributed by atoms with Gasteiger partial charge in [0, 0.05) is 37.1 Å². The number of carbonyl (C=O) groups excluding carboxylic acids is 4. The molecular weight excluding hydrogens is 1130 g/mol. The maximum Gasteiger partial charge on any atom is 0.321 e. The van der Waals surface area contributed by atoms with E-state index in [-0.39, 0.29) is 47.0 Å². The van der Waals surface area contributed by atoms with Crippen molar-refractivity contribution in [1.29, 1.82) is 0 Å². The Labute approximate surface area is 541 Å². The Morgan fingerprint density at radius 3 is 1.04 bits per heavy atom. The number of nitrogens with one attached hydrogen (secondary N) is 6. The molecule has 0 bridgehead atoms. The number of H-pyrrole nitrogens is 2. The molecule has 0 radical (unpaired) electrons. The van der Waals surface area contributed by atoms with Gasteiger partial charge in [0.15, 0.2) is 0 Å². The SMILES string of the molecule is CCCCCCCCC(CCCCCCCCCNC(=O)Nc1nc(=O)c(CCCCCC(=O)OCC)c(-c2ccccc2)[nH]1)C(CCCCCCCC)CCCCCCCCCNC(=O)Nc1nc(=O)c(CCCCCC(=O)OCC)c(-c2ccccc2)[nH]1. The zero-order valence-corrected chi connectivity index (χ0v) is 56.2. The normalized spacial score (nSPS) is 11.9. The van der Waals surface area contributed by atoms with Crippen LogP contribution in [-0.4, -0.2) is 70.2 Å². The van der Waals surface area contributed by atoms with Crippen molar-refractivity contribution in [2.75, 3.05) is 36.9 Å². The number of nitrogens with zero attached hydrogens (tertiary/aromatic N) is 2. The Kier molecular flexibility index (Phi) is 41.8. The third kappa shape index (κ3) is 33.7. The highest BCUT2D eigenvalue weighted by atomic mass is 16.5. The summed E-state index contributed by atoms with van der Waals surface area (Å²) in [7, 11) is 0. The van der Waals surface area contributed by atoms with Gasteiger partial charge in [0.25, 0.3) is 11.1 Å². The first-order valence-electron chi connectivity index (χ1n) is 35.8. The maximum absolute atomic E-state index is 13.3. The molecular formula is C74H118N8O8. The van der Waals surface area contributed by atoms with Gasteiger partial charge in [0.2, 0.25) is 11.9 Å². The molecule has 4 aromatic rings. The summed E-state index contributed by atoms with van der Waals surface area (Å²) in [4.78, 5) is 91.0. The van der Waals surface area contributed by atoms with Crippen LogP contribution in [0.25, 0.3) is 22.5 Å². The third-order valence-electron chi connectivity index (χ3n) is 17.4. The molecule has 0 saturated carbocycles. The quantitative estimate of drug-likeness (QED) is 0.0181. The second-order valence-electron chi connectivity index (χ2n) is 24.9. The summed E-state index contributed by atoms with van der Waals surface area (Å²) in [5, 5.41) is 11.4. The predicted molar refractivity (Wildman–Crippen MR) is 369 cm³/mol. The molecule has 2 heterocycles. The number of aromatic amines is 2. The van der Waals surface area contributed by atoms with Crippen molar-refractivity contribution in [3.05, 3.63) is 92.5 Å². The van der Waals surface area contributed by atoms with Gasteiger partial charge in [-0.2, -0.15) is 9.97 Å². The van der Waals surface area contributed by atoms with Crippen molar-refractivity contribution in [3.8, 4) is 22.5 Å². The van der Waals surface area contributed by atoms with E-state index in [9.17, 15) is 28.8 Å². The summed E-state index contributed by atoms with van der Waals surface area (Å²) in [5.74, 6) is 1.47. The van der Waals surface area contributed by atoms with E-state index in [0.717, 1.165) is 87.2 Å². The lowest BCUT2D eigenvalue weighted by Crippen LogP contribution is -2.31. The van der Waals surface area contributed by atoms with Crippen LogP contribution >= 0.6 is 0 Å². The van der Waals surface area contributed by atoms with Gasteiger partial charge >= 0.3 is 24.0 Å². The Bertz CT molecular complexity index is 2480. The van der Waals surface area contributed by atoms with Crippen molar-refractivity contribution in [2.45, 2.75) is 285 Å². The number of benzene rings is 2. The first-order valence-corrected chi connectivity index (χ1v) is 35.8. The number of hydrogen-bond acceptors (Lipinski definition) is 10. The molecule has 0 saturated heterocycles. The summed E-state index contributed by atoms with van der Waals surface area (Å²) >= 11 is 0. The summed E-state index contributed by atoms with van der Waals surface area (Å²) in [6, 6.07) is 18.5. The molecule has 2 atom stereocenters. The number of anilines is 2. The van der Waals surface area contributed by atoms with Crippen molar-refractivity contribution < 1.29 is 28.7 Å². The summed E-state index contributed by atoms with van der Waals surface area (Å²) in [5.41, 5.74) is 3.38. The molecule has 0 aliphatic heterocycles. The van der Waals surface area contributed by atoms with Crippen LogP contribution in [-0.2, 0) is 31.9 Å². The minimum atomic E-state index is -0.386. The largest absolute Gasteiger partial charge is 0.466 e. The molecule has 0 fully saturated rings. The van der Waals surface area contributed by atoms with Gasteiger partial charge in [-0.15, -0.1) is 0 Å². The molecule has 4 amide bonds. The molecule has 0 spiro atoms. The predicted octanol–water partition coefficient (Wildman–Crippen LogP) is 18.4. The van der Waals surface area contributed by atoms with Crippen LogP contribution in [0.1, 0.15) is 283 Å². The minimum Gasteiger partial charge on any atom is -0.466 e. The standard InChI is InChI=1S/C74H118N8O8/c1-5-9-11-13-21-31-45-59(47-33-23-17-15-19-25-43-57-75-73(87)81-71-77-67(61-49-35-27-36-50-61)63(69(85)79-71)53-39-29-41-55-65(83)89-7-3)60(46-32-22-14-12-10-6-2)48-34-24-18-16-20-26-44-58-76-74(88)82-72-78-68(62-51-37-28-38-52-62)64(70(86)80-72)54-40-30-42-56-66(84)90-8-4/h27-28,35-38,49-52,59-60H,5-26,29-34,39-48,53-58H2,1-4H3,(H3,75,77,79,81,85,87)(H3,76,78,80,82,86,88). The monoisotopic (exact) mass is 1250 g/mol. The second kappa shape index (κ2) is 49.4. The smallest absolute Gasteiger partial charge is 0.321 e. The number of hydrogen-bond donors (Lipinski definition) is 6. The first-order chi connectivity index (χ1) is 44.1. The molecule has 0 aliphatic rings. The van der Waals surface area contributed by atoms with E-state index in [2.05, 4.69) is 55.1 Å². The summed E-state index contributed by atoms with van der Waals surface area (Å²) in [6.45, 7) is 10.0. The highest BCUT2D eigenvalue weighted by Crippen LogP contribution is 2.34. The minimum absolute atomic E-state index is 0.119. The summed E-state index contributed by atoms with van der Waals surface area (Å²) in [6.07, 6.45) is 44.1. The average molecular weight is 1250 g/mol. The molecule has 502 valence electrons. The van der Waals surface area contributed by atoms with Crippen LogP contribution in [0.4, 0.5) is 21.5 Å². The molecule has 2 aromatic carbocycles. The van der Waals surface area contributed by atoms with Crippen LogP contribution in [0, 0.1) is 11.8 Å². The molecule has 6 N–H and O–H groups in total. The van der Waals surface area contributed by atoms with Crippen molar-refractivity contribution in [2.24, 2.45) is 11.8 Å². The second-order valence-corrected chi connectivity index (χ2v) is 24.9. The van der Waals surface area contributed by atoms with E-state index in [4.69, 9.17) is 9.47 Å². The fraction of sp³-hybridized carbons (Fsp3) is 0.676. The van der Waals surface area contributed by atoms with Crippen molar-refractivity contribution in [3.63, 3.8) is 0 Å². The number of unbranched alkanes of at least 4 members (excludes halogenated alkanes) is 26. The lowest BCUT2D eigenvalue weighted by Gasteiger charge is -2.28. The first kappa shape index (κ1) is 76.1. The third-order valence-corrected chi connectivity index (χ3v) is 17.4. The maximum atomic E-state index is 13.3. The van der Waals surface area contributed by atoms with Gasteiger partial charge in [0.1, 0.15) is 0 Å². The van der Waals surface area contributed by atoms with Crippen LogP contribution in [0.3, 0.4) is 0 Å². The number of amides is 4. The number of ether oxygens (including phenoxy) is 2. The summed E-state index contributed by atoms with van der Waals surface area (Å²) < 4.78 is 10.1. The Hall–Kier alpha value is -6.32. The van der Waals surface area contributed by atoms with Gasteiger partial charge in [-0.3, -0.25) is 29.8 Å². The molecule has 2 unspecified atom stereocenters.